The molecule has 0 aromatic heterocycles. The topological polar surface area (TPSA) is 101 Å². The van der Waals surface area contributed by atoms with Crippen LogP contribution in [0, 0.1) is 0 Å². The minimum atomic E-state index is -3.44. The van der Waals surface area contributed by atoms with Gasteiger partial charge in [-0.25, -0.2) is 13.1 Å². The van der Waals surface area contributed by atoms with Crippen molar-refractivity contribution in [2.45, 2.75) is 49.6 Å². The van der Waals surface area contributed by atoms with E-state index < -0.39 is 15.6 Å². The van der Waals surface area contributed by atoms with E-state index in [9.17, 15) is 13.2 Å². The smallest absolute Gasteiger partial charge is 0.240 e. The molecule has 8 heteroatoms. The molecule has 23 heavy (non-hydrogen) atoms. The molecule has 0 bridgehead atoms. The first kappa shape index (κ1) is 19.9. The van der Waals surface area contributed by atoms with Gasteiger partial charge in [-0.15, -0.1) is 12.4 Å². The van der Waals surface area contributed by atoms with Crippen LogP contribution in [0.1, 0.15) is 38.2 Å². The van der Waals surface area contributed by atoms with Gasteiger partial charge < -0.3 is 11.1 Å². The van der Waals surface area contributed by atoms with E-state index in [1.807, 2.05) is 0 Å². The van der Waals surface area contributed by atoms with E-state index >= 15 is 0 Å². The Kier molecular flexibility index (Phi) is 7.01. The lowest BCUT2D eigenvalue weighted by molar-refractivity contribution is -0.126. The fraction of sp³-hybridized carbons (Fsp3) is 0.533. The van der Waals surface area contributed by atoms with Crippen molar-refractivity contribution in [3.05, 3.63) is 29.8 Å². The number of rotatable bonds is 6. The Morgan fingerprint density at radius 2 is 1.78 bits per heavy atom. The molecule has 0 heterocycles. The van der Waals surface area contributed by atoms with Crippen molar-refractivity contribution in [3.8, 4) is 0 Å². The molecular formula is C15H24ClN3O3S. The number of benzene rings is 1. The van der Waals surface area contributed by atoms with Gasteiger partial charge in [-0.05, 0) is 30.5 Å². The molecule has 1 fully saturated rings. The van der Waals surface area contributed by atoms with E-state index in [0.29, 0.717) is 13.1 Å². The highest BCUT2D eigenvalue weighted by Crippen LogP contribution is 2.27. The van der Waals surface area contributed by atoms with Crippen molar-refractivity contribution >= 4 is 28.3 Å². The SMILES string of the molecule is CCNS(=O)(=O)c1ccc(CNC(=O)C2(N)CCCC2)cc1.Cl. The third-order valence-electron chi connectivity index (χ3n) is 3.97. The standard InChI is InChI=1S/C15H23N3O3S.ClH/c1-2-18-22(20,21)13-7-5-12(6-8-13)11-17-14(19)15(16)9-3-4-10-15;/h5-8,18H,2-4,9-11,16H2,1H3,(H,17,19);1H. The van der Waals surface area contributed by atoms with E-state index in [-0.39, 0.29) is 23.2 Å². The third kappa shape index (κ3) is 4.91. The van der Waals surface area contributed by atoms with Crippen LogP contribution in [-0.4, -0.2) is 26.4 Å². The molecule has 1 aromatic carbocycles. The van der Waals surface area contributed by atoms with Crippen molar-refractivity contribution in [1.29, 1.82) is 0 Å². The van der Waals surface area contributed by atoms with E-state index in [1.165, 1.54) is 12.1 Å². The molecule has 1 aromatic rings. The van der Waals surface area contributed by atoms with Gasteiger partial charge in [-0.2, -0.15) is 0 Å². The van der Waals surface area contributed by atoms with Crippen LogP contribution in [0.5, 0.6) is 0 Å². The van der Waals surface area contributed by atoms with Gasteiger partial charge in [0.1, 0.15) is 0 Å². The maximum Gasteiger partial charge on any atom is 0.240 e. The normalized spacial score (nSPS) is 16.6. The van der Waals surface area contributed by atoms with E-state index in [1.54, 1.807) is 19.1 Å². The molecule has 0 atom stereocenters. The maximum atomic E-state index is 12.1. The molecule has 0 saturated heterocycles. The highest BCUT2D eigenvalue weighted by Gasteiger charge is 2.36. The van der Waals surface area contributed by atoms with Crippen LogP contribution in [0.2, 0.25) is 0 Å². The van der Waals surface area contributed by atoms with Crippen LogP contribution in [-0.2, 0) is 21.4 Å². The number of nitrogens with two attached hydrogens (primary N) is 1. The first-order chi connectivity index (χ1) is 10.4. The van der Waals surface area contributed by atoms with Crippen LogP contribution in [0.3, 0.4) is 0 Å². The Morgan fingerprint density at radius 3 is 2.30 bits per heavy atom. The first-order valence-electron chi connectivity index (χ1n) is 7.53. The summed E-state index contributed by atoms with van der Waals surface area (Å²) in [6, 6.07) is 6.46. The quantitative estimate of drug-likeness (QED) is 0.710. The van der Waals surface area contributed by atoms with Crippen molar-refractivity contribution in [3.63, 3.8) is 0 Å². The Morgan fingerprint density at radius 1 is 1.22 bits per heavy atom. The summed E-state index contributed by atoms with van der Waals surface area (Å²) in [5.41, 5.74) is 6.18. The monoisotopic (exact) mass is 361 g/mol. The lowest BCUT2D eigenvalue weighted by Gasteiger charge is -2.22. The third-order valence-corrected chi connectivity index (χ3v) is 5.53. The number of carbonyl (C=O) groups excluding carboxylic acids is 1. The van der Waals surface area contributed by atoms with Crippen molar-refractivity contribution in [2.24, 2.45) is 5.73 Å². The molecule has 1 aliphatic rings. The van der Waals surface area contributed by atoms with E-state index in [2.05, 4.69) is 10.0 Å². The van der Waals surface area contributed by atoms with Gasteiger partial charge in [0.25, 0.3) is 0 Å². The average Bonchev–Trinajstić information content (AvgIpc) is 2.93. The van der Waals surface area contributed by atoms with Crippen LogP contribution < -0.4 is 15.8 Å². The molecular weight excluding hydrogens is 338 g/mol. The maximum absolute atomic E-state index is 12.1. The van der Waals surface area contributed by atoms with Gasteiger partial charge in [0.15, 0.2) is 0 Å². The number of sulfonamides is 1. The molecule has 1 saturated carbocycles. The molecule has 2 rings (SSSR count). The summed E-state index contributed by atoms with van der Waals surface area (Å²) < 4.78 is 26.1. The number of hydrogen-bond acceptors (Lipinski definition) is 4. The van der Waals surface area contributed by atoms with Crippen LogP contribution in [0.15, 0.2) is 29.2 Å². The van der Waals surface area contributed by atoms with Gasteiger partial charge in [0.2, 0.25) is 15.9 Å². The van der Waals surface area contributed by atoms with Gasteiger partial charge in [-0.1, -0.05) is 31.9 Å². The summed E-state index contributed by atoms with van der Waals surface area (Å²) in [6.45, 7) is 2.42. The fourth-order valence-electron chi connectivity index (χ4n) is 2.65. The summed E-state index contributed by atoms with van der Waals surface area (Å²) in [4.78, 5) is 12.3. The Balaban J connectivity index is 0.00000264. The molecule has 0 unspecified atom stereocenters. The molecule has 0 radical (unpaired) electrons. The first-order valence-corrected chi connectivity index (χ1v) is 9.01. The van der Waals surface area contributed by atoms with Crippen LogP contribution >= 0.6 is 12.4 Å². The lowest BCUT2D eigenvalue weighted by atomic mass is 9.98. The lowest BCUT2D eigenvalue weighted by Crippen LogP contribution is -2.51. The highest BCUT2D eigenvalue weighted by atomic mass is 35.5. The van der Waals surface area contributed by atoms with Crippen molar-refractivity contribution in [2.75, 3.05) is 6.54 Å². The zero-order chi connectivity index (χ0) is 16.2. The number of nitrogens with one attached hydrogen (secondary N) is 2. The molecule has 4 N–H and O–H groups in total. The Labute approximate surface area is 143 Å². The number of hydrogen-bond donors (Lipinski definition) is 3. The largest absolute Gasteiger partial charge is 0.350 e. The van der Waals surface area contributed by atoms with Gasteiger partial charge in [-0.3, -0.25) is 4.79 Å². The van der Waals surface area contributed by atoms with Crippen molar-refractivity contribution < 1.29 is 13.2 Å². The van der Waals surface area contributed by atoms with E-state index in [0.717, 1.165) is 31.2 Å². The Bertz CT molecular complexity index is 626. The summed E-state index contributed by atoms with van der Waals surface area (Å²) in [6.07, 6.45) is 3.42. The summed E-state index contributed by atoms with van der Waals surface area (Å²) in [5.74, 6) is -0.130. The zero-order valence-corrected chi connectivity index (χ0v) is 14.8. The molecule has 1 aliphatic carbocycles. The van der Waals surface area contributed by atoms with Crippen LogP contribution in [0.4, 0.5) is 0 Å². The van der Waals surface area contributed by atoms with Crippen molar-refractivity contribution in [1.82, 2.24) is 10.0 Å². The minimum absolute atomic E-state index is 0. The molecule has 130 valence electrons. The van der Waals surface area contributed by atoms with Gasteiger partial charge in [0.05, 0.1) is 10.4 Å². The summed E-state index contributed by atoms with van der Waals surface area (Å²) in [5, 5.41) is 2.84. The van der Waals surface area contributed by atoms with E-state index in [4.69, 9.17) is 5.73 Å². The number of carbonyl (C=O) groups is 1. The molecule has 0 aliphatic heterocycles. The molecule has 0 spiro atoms. The molecule has 6 nitrogen and oxygen atoms in total. The second-order valence-electron chi connectivity index (χ2n) is 5.69. The second kappa shape index (κ2) is 8.10. The fourth-order valence-corrected chi connectivity index (χ4v) is 3.69. The second-order valence-corrected chi connectivity index (χ2v) is 7.46. The highest BCUT2D eigenvalue weighted by molar-refractivity contribution is 7.89. The predicted octanol–water partition coefficient (Wildman–Crippen LogP) is 1.29. The predicted molar refractivity (Wildman–Crippen MR) is 91.8 cm³/mol. The molecule has 1 amide bonds. The average molecular weight is 362 g/mol. The zero-order valence-electron chi connectivity index (χ0n) is 13.2. The summed E-state index contributed by atoms with van der Waals surface area (Å²) >= 11 is 0. The Hall–Kier alpha value is -1.15. The summed E-state index contributed by atoms with van der Waals surface area (Å²) in [7, 11) is -3.44. The van der Waals surface area contributed by atoms with Gasteiger partial charge in [0, 0.05) is 13.1 Å². The van der Waals surface area contributed by atoms with Gasteiger partial charge >= 0.3 is 0 Å². The van der Waals surface area contributed by atoms with Crippen LogP contribution in [0.25, 0.3) is 0 Å². The number of amides is 1. The number of halogens is 1. The minimum Gasteiger partial charge on any atom is -0.350 e.